The van der Waals surface area contributed by atoms with Gasteiger partial charge in [-0.3, -0.25) is 4.79 Å². The van der Waals surface area contributed by atoms with Crippen LogP contribution in [0.2, 0.25) is 0 Å². The molecule has 1 fully saturated rings. The average molecular weight is 272 g/mol. The minimum absolute atomic E-state index is 0.192. The van der Waals surface area contributed by atoms with Gasteiger partial charge < -0.3 is 10.4 Å². The minimum Gasteiger partial charge on any atom is -0.391 e. The average Bonchev–Trinajstić information content (AvgIpc) is 2.96. The van der Waals surface area contributed by atoms with E-state index in [1.807, 2.05) is 30.3 Å². The zero-order valence-corrected chi connectivity index (χ0v) is 11.5. The molecule has 4 nitrogen and oxygen atoms in total. The Kier molecular flexibility index (Phi) is 4.75. The number of carbonyl (C=O) groups is 1. The first kappa shape index (κ1) is 14.5. The van der Waals surface area contributed by atoms with Crippen molar-refractivity contribution in [1.29, 1.82) is 5.26 Å². The Labute approximate surface area is 119 Å². The van der Waals surface area contributed by atoms with E-state index in [4.69, 9.17) is 0 Å². The summed E-state index contributed by atoms with van der Waals surface area (Å²) in [6, 6.07) is 11.8. The fraction of sp³-hybridized carbons (Fsp3) is 0.500. The SMILES string of the molecule is N#CC1(C(=O)NC[C@@H](O)Cc2ccccc2)CCCC1. The molecule has 1 saturated carbocycles. The lowest BCUT2D eigenvalue weighted by atomic mass is 9.87. The third-order valence-electron chi connectivity index (χ3n) is 3.92. The number of nitriles is 1. The molecule has 0 aliphatic heterocycles. The lowest BCUT2D eigenvalue weighted by Gasteiger charge is -2.20. The van der Waals surface area contributed by atoms with Gasteiger partial charge in [0.2, 0.25) is 5.91 Å². The van der Waals surface area contributed by atoms with E-state index >= 15 is 0 Å². The molecule has 1 aromatic carbocycles. The number of nitrogens with zero attached hydrogens (tertiary/aromatic N) is 1. The quantitative estimate of drug-likeness (QED) is 0.858. The number of nitrogens with one attached hydrogen (secondary N) is 1. The van der Waals surface area contributed by atoms with Crippen molar-refractivity contribution in [3.8, 4) is 6.07 Å². The molecule has 106 valence electrons. The summed E-state index contributed by atoms with van der Waals surface area (Å²) in [6.45, 7) is 0.192. The summed E-state index contributed by atoms with van der Waals surface area (Å²) in [5.41, 5.74) is 0.164. The molecular weight excluding hydrogens is 252 g/mol. The summed E-state index contributed by atoms with van der Waals surface area (Å²) in [4.78, 5) is 12.1. The lowest BCUT2D eigenvalue weighted by Crippen LogP contribution is -2.42. The van der Waals surface area contributed by atoms with Gasteiger partial charge >= 0.3 is 0 Å². The third-order valence-corrected chi connectivity index (χ3v) is 3.92. The van der Waals surface area contributed by atoms with Crippen molar-refractivity contribution in [2.45, 2.75) is 38.2 Å². The highest BCUT2D eigenvalue weighted by atomic mass is 16.3. The van der Waals surface area contributed by atoms with Crippen molar-refractivity contribution in [3.05, 3.63) is 35.9 Å². The molecule has 1 aliphatic rings. The van der Waals surface area contributed by atoms with Gasteiger partial charge in [-0.1, -0.05) is 43.2 Å². The molecule has 1 aliphatic carbocycles. The van der Waals surface area contributed by atoms with Crippen LogP contribution in [0, 0.1) is 16.7 Å². The summed E-state index contributed by atoms with van der Waals surface area (Å²) < 4.78 is 0. The van der Waals surface area contributed by atoms with Crippen LogP contribution in [0.3, 0.4) is 0 Å². The third kappa shape index (κ3) is 3.37. The molecule has 1 aromatic rings. The van der Waals surface area contributed by atoms with Gasteiger partial charge in [0.05, 0.1) is 12.2 Å². The molecule has 1 amide bonds. The van der Waals surface area contributed by atoms with Crippen LogP contribution in [-0.4, -0.2) is 23.7 Å². The van der Waals surface area contributed by atoms with Crippen LogP contribution in [0.5, 0.6) is 0 Å². The predicted molar refractivity (Wildman–Crippen MR) is 75.7 cm³/mol. The molecule has 0 unspecified atom stereocenters. The Balaban J connectivity index is 1.83. The van der Waals surface area contributed by atoms with Crippen molar-refractivity contribution in [1.82, 2.24) is 5.32 Å². The number of aliphatic hydroxyl groups excluding tert-OH is 1. The molecule has 0 radical (unpaired) electrons. The molecule has 0 saturated heterocycles. The first-order chi connectivity index (χ1) is 9.66. The maximum atomic E-state index is 12.1. The first-order valence-electron chi connectivity index (χ1n) is 7.08. The van der Waals surface area contributed by atoms with E-state index in [1.54, 1.807) is 0 Å². The van der Waals surface area contributed by atoms with E-state index in [0.717, 1.165) is 18.4 Å². The normalized spacial score (nSPS) is 18.2. The Morgan fingerprint density at radius 1 is 1.35 bits per heavy atom. The van der Waals surface area contributed by atoms with E-state index in [1.165, 1.54) is 0 Å². The highest BCUT2D eigenvalue weighted by Gasteiger charge is 2.41. The van der Waals surface area contributed by atoms with Crippen LogP contribution in [-0.2, 0) is 11.2 Å². The molecule has 2 rings (SSSR count). The number of rotatable bonds is 5. The Hall–Kier alpha value is -1.86. The smallest absolute Gasteiger partial charge is 0.240 e. The van der Waals surface area contributed by atoms with Crippen molar-refractivity contribution in [2.75, 3.05) is 6.54 Å². The Morgan fingerprint density at radius 2 is 2.00 bits per heavy atom. The fourth-order valence-corrected chi connectivity index (χ4v) is 2.71. The van der Waals surface area contributed by atoms with Crippen LogP contribution in [0.25, 0.3) is 0 Å². The van der Waals surface area contributed by atoms with Crippen LogP contribution < -0.4 is 5.32 Å². The van der Waals surface area contributed by atoms with Crippen molar-refractivity contribution < 1.29 is 9.90 Å². The molecule has 4 heteroatoms. The van der Waals surface area contributed by atoms with Gasteiger partial charge in [0.15, 0.2) is 0 Å². The molecule has 2 N–H and O–H groups in total. The van der Waals surface area contributed by atoms with E-state index in [2.05, 4.69) is 11.4 Å². The molecular formula is C16H20N2O2. The Bertz CT molecular complexity index is 487. The van der Waals surface area contributed by atoms with E-state index < -0.39 is 11.5 Å². The number of benzene rings is 1. The van der Waals surface area contributed by atoms with Gasteiger partial charge in [-0.2, -0.15) is 5.26 Å². The van der Waals surface area contributed by atoms with Crippen molar-refractivity contribution >= 4 is 5.91 Å². The molecule has 20 heavy (non-hydrogen) atoms. The summed E-state index contributed by atoms with van der Waals surface area (Å²) in [7, 11) is 0. The number of aliphatic hydroxyl groups is 1. The van der Waals surface area contributed by atoms with Crippen LogP contribution in [0.4, 0.5) is 0 Å². The molecule has 1 atom stereocenters. The topological polar surface area (TPSA) is 73.1 Å². The van der Waals surface area contributed by atoms with Gasteiger partial charge in [-0.15, -0.1) is 0 Å². The van der Waals surface area contributed by atoms with Crippen LogP contribution in [0.15, 0.2) is 30.3 Å². The van der Waals surface area contributed by atoms with Crippen molar-refractivity contribution in [3.63, 3.8) is 0 Å². The minimum atomic E-state index is -0.869. The van der Waals surface area contributed by atoms with E-state index in [0.29, 0.717) is 19.3 Å². The largest absolute Gasteiger partial charge is 0.391 e. The van der Waals surface area contributed by atoms with Gasteiger partial charge in [0.25, 0.3) is 0 Å². The van der Waals surface area contributed by atoms with E-state index in [-0.39, 0.29) is 12.5 Å². The summed E-state index contributed by atoms with van der Waals surface area (Å²) in [5, 5.41) is 21.9. The fourth-order valence-electron chi connectivity index (χ4n) is 2.71. The van der Waals surface area contributed by atoms with E-state index in [9.17, 15) is 15.2 Å². The summed E-state index contributed by atoms with van der Waals surface area (Å²) in [6.07, 6.45) is 2.98. The number of amides is 1. The number of hydrogen-bond acceptors (Lipinski definition) is 3. The second kappa shape index (κ2) is 6.53. The van der Waals surface area contributed by atoms with Gasteiger partial charge in [0.1, 0.15) is 5.41 Å². The second-order valence-electron chi connectivity index (χ2n) is 5.45. The Morgan fingerprint density at radius 3 is 2.60 bits per heavy atom. The predicted octanol–water partition coefficient (Wildman–Crippen LogP) is 1.79. The zero-order valence-electron chi connectivity index (χ0n) is 11.5. The standard InChI is InChI=1S/C16H20N2O2/c17-12-16(8-4-5-9-16)15(20)18-11-14(19)10-13-6-2-1-3-7-13/h1-3,6-7,14,19H,4-5,8-11H2,(H,18,20)/t14-/m0/s1. The summed E-state index contributed by atoms with van der Waals surface area (Å²) >= 11 is 0. The summed E-state index contributed by atoms with van der Waals surface area (Å²) in [5.74, 6) is -0.232. The molecule has 0 bridgehead atoms. The maximum Gasteiger partial charge on any atom is 0.240 e. The van der Waals surface area contributed by atoms with Crippen molar-refractivity contribution in [2.24, 2.45) is 5.41 Å². The van der Waals surface area contributed by atoms with Gasteiger partial charge in [-0.25, -0.2) is 0 Å². The highest BCUT2D eigenvalue weighted by molar-refractivity contribution is 5.85. The van der Waals surface area contributed by atoms with Gasteiger partial charge in [0, 0.05) is 13.0 Å². The molecule has 0 aromatic heterocycles. The monoisotopic (exact) mass is 272 g/mol. The lowest BCUT2D eigenvalue weighted by molar-refractivity contribution is -0.128. The second-order valence-corrected chi connectivity index (χ2v) is 5.45. The molecule has 0 spiro atoms. The first-order valence-corrected chi connectivity index (χ1v) is 7.08. The molecule has 0 heterocycles. The maximum absolute atomic E-state index is 12.1. The van der Waals surface area contributed by atoms with Crippen LogP contribution >= 0.6 is 0 Å². The van der Waals surface area contributed by atoms with Crippen LogP contribution in [0.1, 0.15) is 31.2 Å². The van der Waals surface area contributed by atoms with Gasteiger partial charge in [-0.05, 0) is 18.4 Å². The highest BCUT2D eigenvalue weighted by Crippen LogP contribution is 2.37. The zero-order chi connectivity index (χ0) is 14.4. The number of carbonyl (C=O) groups excluding carboxylic acids is 1. The number of hydrogen-bond donors (Lipinski definition) is 2.